The predicted octanol–water partition coefficient (Wildman–Crippen LogP) is 3.49. The number of hydroxylamine groups is 2. The summed E-state index contributed by atoms with van der Waals surface area (Å²) >= 11 is 0. The lowest BCUT2D eigenvalue weighted by Gasteiger charge is -2.16. The van der Waals surface area contributed by atoms with Crippen LogP contribution in [0.4, 0.5) is 0 Å². The summed E-state index contributed by atoms with van der Waals surface area (Å²) in [7, 11) is -3.76. The SMILES string of the molecule is CCCOCCN(O)Cc1ccc(-n2c(-c3cc(C(C)C)c(O)cc3O)nnc2S(C)(=O)=O)cc1. The number of nitrogens with zero attached hydrogens (tertiary/aromatic N) is 4. The molecule has 35 heavy (non-hydrogen) atoms. The Balaban J connectivity index is 1.98. The molecule has 10 nitrogen and oxygen atoms in total. The molecule has 0 aliphatic heterocycles. The molecule has 1 aromatic heterocycles. The first-order valence-corrected chi connectivity index (χ1v) is 13.2. The van der Waals surface area contributed by atoms with Crippen LogP contribution in [0.15, 0.2) is 41.6 Å². The van der Waals surface area contributed by atoms with E-state index in [9.17, 15) is 23.8 Å². The number of benzene rings is 2. The summed E-state index contributed by atoms with van der Waals surface area (Å²) in [6.07, 6.45) is 1.94. The van der Waals surface area contributed by atoms with Crippen LogP contribution >= 0.6 is 0 Å². The van der Waals surface area contributed by atoms with Crippen molar-refractivity contribution in [2.75, 3.05) is 26.0 Å². The van der Waals surface area contributed by atoms with Gasteiger partial charge in [0.15, 0.2) is 5.82 Å². The van der Waals surface area contributed by atoms with Gasteiger partial charge in [-0.3, -0.25) is 4.57 Å². The molecule has 0 atom stereocenters. The highest BCUT2D eigenvalue weighted by atomic mass is 32.2. The average Bonchev–Trinajstić information content (AvgIpc) is 3.22. The van der Waals surface area contributed by atoms with Crippen molar-refractivity contribution in [1.82, 2.24) is 19.8 Å². The lowest BCUT2D eigenvalue weighted by Crippen LogP contribution is -2.23. The number of phenols is 2. The Morgan fingerprint density at radius 3 is 2.34 bits per heavy atom. The van der Waals surface area contributed by atoms with Crippen molar-refractivity contribution in [2.24, 2.45) is 0 Å². The van der Waals surface area contributed by atoms with E-state index in [1.807, 2.05) is 20.8 Å². The minimum absolute atomic E-state index is 0.0480. The fraction of sp³-hybridized carbons (Fsp3) is 0.417. The van der Waals surface area contributed by atoms with Gasteiger partial charge in [-0.2, -0.15) is 5.06 Å². The fourth-order valence-corrected chi connectivity index (χ4v) is 4.32. The van der Waals surface area contributed by atoms with Crippen molar-refractivity contribution >= 4 is 9.84 Å². The molecule has 0 spiro atoms. The molecule has 0 aliphatic rings. The van der Waals surface area contributed by atoms with Gasteiger partial charge in [0.1, 0.15) is 11.5 Å². The second-order valence-corrected chi connectivity index (χ2v) is 10.6. The van der Waals surface area contributed by atoms with Gasteiger partial charge in [0.25, 0.3) is 5.16 Å². The van der Waals surface area contributed by atoms with Gasteiger partial charge in [-0.05, 0) is 41.7 Å². The topological polar surface area (TPSA) is 138 Å². The van der Waals surface area contributed by atoms with Crippen LogP contribution in [-0.4, -0.2) is 69.7 Å². The van der Waals surface area contributed by atoms with Gasteiger partial charge in [-0.1, -0.05) is 32.9 Å². The van der Waals surface area contributed by atoms with E-state index < -0.39 is 9.84 Å². The molecule has 0 saturated carbocycles. The first-order chi connectivity index (χ1) is 16.5. The number of ether oxygens (including phenoxy) is 1. The van der Waals surface area contributed by atoms with Crippen molar-refractivity contribution in [2.45, 2.75) is 44.8 Å². The molecule has 3 aromatic rings. The summed E-state index contributed by atoms with van der Waals surface area (Å²) in [6.45, 7) is 7.47. The first kappa shape index (κ1) is 26.6. The third kappa shape index (κ3) is 6.37. The van der Waals surface area contributed by atoms with E-state index in [-0.39, 0.29) is 40.5 Å². The average molecular weight is 505 g/mol. The number of phenolic OH excluding ortho intramolecular Hbond substituents is 2. The molecule has 0 saturated heterocycles. The molecule has 2 aromatic carbocycles. The van der Waals surface area contributed by atoms with E-state index in [2.05, 4.69) is 10.2 Å². The second kappa shape index (κ2) is 11.2. The maximum absolute atomic E-state index is 12.5. The number of aromatic nitrogens is 3. The Labute approximate surface area is 205 Å². The monoisotopic (exact) mass is 504 g/mol. The predicted molar refractivity (Wildman–Crippen MR) is 131 cm³/mol. The van der Waals surface area contributed by atoms with Crippen LogP contribution in [0.3, 0.4) is 0 Å². The zero-order chi connectivity index (χ0) is 25.8. The first-order valence-electron chi connectivity index (χ1n) is 11.4. The molecule has 0 bridgehead atoms. The van der Waals surface area contributed by atoms with E-state index in [1.165, 1.54) is 10.6 Å². The van der Waals surface area contributed by atoms with E-state index in [0.29, 0.717) is 31.0 Å². The zero-order valence-electron chi connectivity index (χ0n) is 20.3. The zero-order valence-corrected chi connectivity index (χ0v) is 21.2. The van der Waals surface area contributed by atoms with Crippen LogP contribution in [0.25, 0.3) is 17.1 Å². The molecule has 0 unspecified atom stereocenters. The van der Waals surface area contributed by atoms with Crippen molar-refractivity contribution in [1.29, 1.82) is 0 Å². The normalized spacial score (nSPS) is 12.1. The summed E-state index contributed by atoms with van der Waals surface area (Å²) in [5, 5.41) is 39.7. The third-order valence-electron chi connectivity index (χ3n) is 5.37. The molecule has 1 heterocycles. The lowest BCUT2D eigenvalue weighted by molar-refractivity contribution is -0.112. The quantitative estimate of drug-likeness (QED) is 0.265. The van der Waals surface area contributed by atoms with Crippen molar-refractivity contribution < 1.29 is 28.6 Å². The smallest absolute Gasteiger partial charge is 0.254 e. The van der Waals surface area contributed by atoms with E-state index in [4.69, 9.17) is 4.74 Å². The van der Waals surface area contributed by atoms with Gasteiger partial charge in [0.05, 0.1) is 12.2 Å². The Kier molecular flexibility index (Phi) is 8.49. The van der Waals surface area contributed by atoms with E-state index >= 15 is 0 Å². The number of sulfone groups is 1. The van der Waals surface area contributed by atoms with Crippen molar-refractivity contribution in [3.05, 3.63) is 47.5 Å². The van der Waals surface area contributed by atoms with Crippen LogP contribution in [0, 0.1) is 0 Å². The highest BCUT2D eigenvalue weighted by Gasteiger charge is 2.25. The minimum atomic E-state index is -3.76. The van der Waals surface area contributed by atoms with Crippen molar-refractivity contribution in [3.63, 3.8) is 0 Å². The summed E-state index contributed by atoms with van der Waals surface area (Å²) < 4.78 is 31.7. The Morgan fingerprint density at radius 2 is 1.74 bits per heavy atom. The third-order valence-corrected chi connectivity index (χ3v) is 6.30. The molecule has 11 heteroatoms. The van der Waals surface area contributed by atoms with Gasteiger partial charge >= 0.3 is 0 Å². The number of hydrogen-bond acceptors (Lipinski definition) is 9. The molecule has 0 aliphatic carbocycles. The standard InChI is InChI=1S/C24H32N4O6S/c1-5-11-34-12-10-27(31)15-17-6-8-18(9-7-17)28-23(25-26-24(28)35(4,32)33)20-13-19(16(2)3)21(29)14-22(20)30/h6-9,13-14,16,29-31H,5,10-12,15H2,1-4H3. The fourth-order valence-electron chi connectivity index (χ4n) is 3.61. The number of rotatable bonds is 11. The molecular formula is C24H32N4O6S. The van der Waals surface area contributed by atoms with Gasteiger partial charge in [-0.25, -0.2) is 8.42 Å². The minimum Gasteiger partial charge on any atom is -0.508 e. The molecule has 190 valence electrons. The van der Waals surface area contributed by atoms with Crippen LogP contribution in [0.1, 0.15) is 44.2 Å². The van der Waals surface area contributed by atoms with E-state index in [1.54, 1.807) is 30.3 Å². The van der Waals surface area contributed by atoms with Crippen LogP contribution in [-0.2, 0) is 21.1 Å². The van der Waals surface area contributed by atoms with Gasteiger partial charge in [0.2, 0.25) is 9.84 Å². The molecule has 0 fully saturated rings. The maximum atomic E-state index is 12.5. The van der Waals surface area contributed by atoms with Gasteiger partial charge in [-0.15, -0.1) is 10.2 Å². The molecule has 0 radical (unpaired) electrons. The summed E-state index contributed by atoms with van der Waals surface area (Å²) in [4.78, 5) is 0. The van der Waals surface area contributed by atoms with Crippen molar-refractivity contribution in [3.8, 4) is 28.6 Å². The highest BCUT2D eigenvalue weighted by molar-refractivity contribution is 7.90. The van der Waals surface area contributed by atoms with Crippen LogP contribution < -0.4 is 0 Å². The molecule has 3 rings (SSSR count). The lowest BCUT2D eigenvalue weighted by atomic mass is 9.98. The van der Waals surface area contributed by atoms with E-state index in [0.717, 1.165) is 23.3 Å². The number of hydrogen-bond donors (Lipinski definition) is 3. The summed E-state index contributed by atoms with van der Waals surface area (Å²) in [6, 6.07) is 9.71. The molecule has 0 amide bonds. The van der Waals surface area contributed by atoms with Gasteiger partial charge < -0.3 is 20.2 Å². The largest absolute Gasteiger partial charge is 0.508 e. The number of aromatic hydroxyl groups is 2. The summed E-state index contributed by atoms with van der Waals surface area (Å²) in [5.74, 6) is -0.241. The van der Waals surface area contributed by atoms with Crippen LogP contribution in [0.5, 0.6) is 11.5 Å². The Bertz CT molecular complexity index is 1260. The Morgan fingerprint density at radius 1 is 1.06 bits per heavy atom. The molecule has 3 N–H and O–H groups in total. The highest BCUT2D eigenvalue weighted by Crippen LogP contribution is 2.38. The van der Waals surface area contributed by atoms with Gasteiger partial charge in [0, 0.05) is 37.7 Å². The summed E-state index contributed by atoms with van der Waals surface area (Å²) in [5.41, 5.74) is 2.08. The Hall–Kier alpha value is -2.99. The van der Waals surface area contributed by atoms with Crippen LogP contribution in [0.2, 0.25) is 0 Å². The maximum Gasteiger partial charge on any atom is 0.254 e. The second-order valence-electron chi connectivity index (χ2n) is 8.66. The molecular weight excluding hydrogens is 472 g/mol.